The number of carbonyl (C=O) groups is 1. The molecule has 0 radical (unpaired) electrons. The molecular formula is C16H20N2O2. The zero-order chi connectivity index (χ0) is 14.8. The number of aliphatic carboxylic acids is 1. The average Bonchev–Trinajstić information content (AvgIpc) is 2.43. The van der Waals surface area contributed by atoms with Crippen molar-refractivity contribution in [2.75, 3.05) is 5.32 Å². The number of nitriles is 1. The molecule has 0 atom stereocenters. The van der Waals surface area contributed by atoms with Gasteiger partial charge in [-0.25, -0.2) is 4.79 Å². The number of hydrogen-bond donors (Lipinski definition) is 2. The Kier molecular flexibility index (Phi) is 3.99. The molecule has 1 aromatic rings. The first-order valence-corrected chi connectivity index (χ1v) is 7.00. The van der Waals surface area contributed by atoms with E-state index in [0.29, 0.717) is 30.0 Å². The standard InChI is InChI=1S/C16H20N2O2/c1-11-6-8-16(9-7-11,15(19)20)18-14-12(2)4-3-5-13(14)10-17/h3-5,11,18H,6-9H2,1-2H3,(H,19,20). The van der Waals surface area contributed by atoms with Crippen LogP contribution in [-0.4, -0.2) is 16.6 Å². The van der Waals surface area contributed by atoms with Crippen molar-refractivity contribution < 1.29 is 9.90 Å². The van der Waals surface area contributed by atoms with E-state index in [1.165, 1.54) is 0 Å². The van der Waals surface area contributed by atoms with Gasteiger partial charge in [-0.1, -0.05) is 19.1 Å². The smallest absolute Gasteiger partial charge is 0.329 e. The summed E-state index contributed by atoms with van der Waals surface area (Å²) in [5.74, 6) is -0.256. The van der Waals surface area contributed by atoms with Crippen LogP contribution in [0.2, 0.25) is 0 Å². The fourth-order valence-electron chi connectivity index (χ4n) is 2.81. The number of anilines is 1. The molecule has 20 heavy (non-hydrogen) atoms. The highest BCUT2D eigenvalue weighted by molar-refractivity contribution is 5.84. The number of rotatable bonds is 3. The van der Waals surface area contributed by atoms with E-state index in [1.807, 2.05) is 19.1 Å². The summed E-state index contributed by atoms with van der Waals surface area (Å²) in [7, 11) is 0. The average molecular weight is 272 g/mol. The van der Waals surface area contributed by atoms with Crippen LogP contribution in [0.3, 0.4) is 0 Å². The minimum Gasteiger partial charge on any atom is -0.480 e. The molecule has 0 heterocycles. The maximum atomic E-state index is 11.8. The van der Waals surface area contributed by atoms with Gasteiger partial charge >= 0.3 is 5.97 Å². The highest BCUT2D eigenvalue weighted by Gasteiger charge is 2.41. The van der Waals surface area contributed by atoms with Crippen LogP contribution in [0, 0.1) is 24.2 Å². The van der Waals surface area contributed by atoms with Gasteiger partial charge in [0.2, 0.25) is 0 Å². The van der Waals surface area contributed by atoms with Gasteiger partial charge in [0.15, 0.2) is 0 Å². The summed E-state index contributed by atoms with van der Waals surface area (Å²) in [6, 6.07) is 7.56. The van der Waals surface area contributed by atoms with Gasteiger partial charge < -0.3 is 10.4 Å². The molecule has 0 amide bonds. The molecule has 2 N–H and O–H groups in total. The molecule has 106 valence electrons. The molecule has 4 heteroatoms. The van der Waals surface area contributed by atoms with Crippen LogP contribution in [0.4, 0.5) is 5.69 Å². The van der Waals surface area contributed by atoms with E-state index in [0.717, 1.165) is 18.4 Å². The predicted octanol–water partition coefficient (Wildman–Crippen LogP) is 3.31. The Labute approximate surface area is 119 Å². The molecule has 4 nitrogen and oxygen atoms in total. The number of benzene rings is 1. The molecule has 1 aliphatic carbocycles. The van der Waals surface area contributed by atoms with Crippen molar-refractivity contribution in [3.05, 3.63) is 29.3 Å². The number of carboxylic acid groups (broad SMARTS) is 1. The molecule has 2 rings (SSSR count). The minimum atomic E-state index is -0.940. The summed E-state index contributed by atoms with van der Waals surface area (Å²) < 4.78 is 0. The Morgan fingerprint density at radius 3 is 2.65 bits per heavy atom. The summed E-state index contributed by atoms with van der Waals surface area (Å²) in [6.07, 6.45) is 2.99. The van der Waals surface area contributed by atoms with Gasteiger partial charge in [-0.2, -0.15) is 5.26 Å². The first-order valence-electron chi connectivity index (χ1n) is 7.00. The van der Waals surface area contributed by atoms with Crippen LogP contribution in [0.5, 0.6) is 0 Å². The zero-order valence-corrected chi connectivity index (χ0v) is 11.9. The summed E-state index contributed by atoms with van der Waals surface area (Å²) in [6.45, 7) is 4.05. The number of nitrogens with zero attached hydrogens (tertiary/aromatic N) is 1. The van der Waals surface area contributed by atoms with E-state index in [4.69, 9.17) is 0 Å². The Bertz CT molecular complexity index is 552. The SMILES string of the molecule is Cc1cccc(C#N)c1NC1(C(=O)O)CCC(C)CC1. The van der Waals surface area contributed by atoms with Crippen molar-refractivity contribution in [1.29, 1.82) is 5.26 Å². The summed E-state index contributed by atoms with van der Waals surface area (Å²) in [4.78, 5) is 11.8. The topological polar surface area (TPSA) is 73.1 Å². The Balaban J connectivity index is 2.35. The third kappa shape index (κ3) is 2.62. The number of aryl methyl sites for hydroxylation is 1. The van der Waals surface area contributed by atoms with Gasteiger partial charge in [0.05, 0.1) is 11.3 Å². The summed E-state index contributed by atoms with van der Waals surface area (Å²) >= 11 is 0. The lowest BCUT2D eigenvalue weighted by atomic mass is 9.76. The van der Waals surface area contributed by atoms with Crippen molar-refractivity contribution in [2.24, 2.45) is 5.92 Å². The molecule has 0 spiro atoms. The number of carboxylic acids is 1. The molecule has 1 aromatic carbocycles. The zero-order valence-electron chi connectivity index (χ0n) is 11.9. The van der Waals surface area contributed by atoms with Crippen molar-refractivity contribution in [3.63, 3.8) is 0 Å². The second-order valence-corrected chi connectivity index (χ2v) is 5.80. The van der Waals surface area contributed by atoms with Gasteiger partial charge in [0, 0.05) is 0 Å². The molecular weight excluding hydrogens is 252 g/mol. The minimum absolute atomic E-state index is 0.504. The number of nitrogens with one attached hydrogen (secondary N) is 1. The van der Waals surface area contributed by atoms with Gasteiger partial charge in [-0.3, -0.25) is 0 Å². The quantitative estimate of drug-likeness (QED) is 0.885. The lowest BCUT2D eigenvalue weighted by Crippen LogP contribution is -2.49. The van der Waals surface area contributed by atoms with Crippen molar-refractivity contribution >= 4 is 11.7 Å². The first kappa shape index (κ1) is 14.4. The van der Waals surface area contributed by atoms with E-state index in [-0.39, 0.29) is 0 Å². The van der Waals surface area contributed by atoms with Gasteiger partial charge in [0.25, 0.3) is 0 Å². The van der Waals surface area contributed by atoms with E-state index < -0.39 is 11.5 Å². The normalized spacial score (nSPS) is 25.8. The third-order valence-corrected chi connectivity index (χ3v) is 4.29. The van der Waals surface area contributed by atoms with Crippen LogP contribution in [0.15, 0.2) is 18.2 Å². The second-order valence-electron chi connectivity index (χ2n) is 5.80. The molecule has 1 aliphatic rings. The van der Waals surface area contributed by atoms with Crippen molar-refractivity contribution in [3.8, 4) is 6.07 Å². The second kappa shape index (κ2) is 5.54. The molecule has 0 bridgehead atoms. The van der Waals surface area contributed by atoms with Crippen molar-refractivity contribution in [2.45, 2.75) is 45.1 Å². The van der Waals surface area contributed by atoms with Crippen LogP contribution in [0.25, 0.3) is 0 Å². The van der Waals surface area contributed by atoms with E-state index in [1.54, 1.807) is 6.07 Å². The number of para-hydroxylation sites is 1. The third-order valence-electron chi connectivity index (χ3n) is 4.29. The lowest BCUT2D eigenvalue weighted by molar-refractivity contribution is -0.143. The predicted molar refractivity (Wildman–Crippen MR) is 77.5 cm³/mol. The lowest BCUT2D eigenvalue weighted by Gasteiger charge is -2.37. The van der Waals surface area contributed by atoms with E-state index in [9.17, 15) is 15.2 Å². The summed E-state index contributed by atoms with van der Waals surface area (Å²) in [5, 5.41) is 22.0. The first-order chi connectivity index (χ1) is 9.48. The van der Waals surface area contributed by atoms with E-state index in [2.05, 4.69) is 18.3 Å². The van der Waals surface area contributed by atoms with Gasteiger partial charge in [-0.05, 0) is 50.2 Å². The molecule has 1 fully saturated rings. The summed E-state index contributed by atoms with van der Waals surface area (Å²) in [5.41, 5.74) is 1.13. The Morgan fingerprint density at radius 1 is 1.45 bits per heavy atom. The molecule has 0 unspecified atom stereocenters. The Morgan fingerprint density at radius 2 is 2.10 bits per heavy atom. The fourth-order valence-corrected chi connectivity index (χ4v) is 2.81. The van der Waals surface area contributed by atoms with E-state index >= 15 is 0 Å². The van der Waals surface area contributed by atoms with Crippen LogP contribution < -0.4 is 5.32 Å². The maximum absolute atomic E-state index is 11.8. The maximum Gasteiger partial charge on any atom is 0.329 e. The van der Waals surface area contributed by atoms with Crippen molar-refractivity contribution in [1.82, 2.24) is 0 Å². The fraction of sp³-hybridized carbons (Fsp3) is 0.500. The van der Waals surface area contributed by atoms with Crippen LogP contribution in [-0.2, 0) is 4.79 Å². The highest BCUT2D eigenvalue weighted by Crippen LogP contribution is 2.36. The molecule has 0 aromatic heterocycles. The molecule has 0 saturated heterocycles. The monoisotopic (exact) mass is 272 g/mol. The molecule has 1 saturated carbocycles. The highest BCUT2D eigenvalue weighted by atomic mass is 16.4. The number of hydrogen-bond acceptors (Lipinski definition) is 3. The Hall–Kier alpha value is -2.02. The van der Waals surface area contributed by atoms with Crippen LogP contribution >= 0.6 is 0 Å². The molecule has 0 aliphatic heterocycles. The van der Waals surface area contributed by atoms with Gasteiger partial charge in [-0.15, -0.1) is 0 Å². The van der Waals surface area contributed by atoms with Crippen LogP contribution in [0.1, 0.15) is 43.7 Å². The largest absolute Gasteiger partial charge is 0.480 e. The van der Waals surface area contributed by atoms with Gasteiger partial charge in [0.1, 0.15) is 11.6 Å².